The average Bonchev–Trinajstić information content (AvgIpc) is 3.27. The van der Waals surface area contributed by atoms with Gasteiger partial charge in [0.05, 0.1) is 22.8 Å². The van der Waals surface area contributed by atoms with Crippen molar-refractivity contribution in [1.29, 1.82) is 0 Å². The van der Waals surface area contributed by atoms with Gasteiger partial charge in [-0.15, -0.1) is 5.10 Å². The fourth-order valence-electron chi connectivity index (χ4n) is 3.01. The van der Waals surface area contributed by atoms with Crippen LogP contribution in [0.4, 0.5) is 0 Å². The molecule has 0 N–H and O–H groups in total. The number of carbonyl (C=O) groups is 1. The second-order valence-corrected chi connectivity index (χ2v) is 7.89. The van der Waals surface area contributed by atoms with E-state index in [2.05, 4.69) is 10.3 Å². The number of hydrogen-bond acceptors (Lipinski definition) is 4. The second kappa shape index (κ2) is 10.3. The van der Waals surface area contributed by atoms with Gasteiger partial charge in [0.15, 0.2) is 5.78 Å². The first kappa shape index (κ1) is 21.8. The molecule has 0 saturated heterocycles. The van der Waals surface area contributed by atoms with Gasteiger partial charge in [0.2, 0.25) is 0 Å². The Morgan fingerprint density at radius 2 is 1.75 bits per heavy atom. The van der Waals surface area contributed by atoms with E-state index in [1.54, 1.807) is 35.0 Å². The van der Waals surface area contributed by atoms with Gasteiger partial charge in [0, 0.05) is 5.56 Å². The Morgan fingerprint density at radius 3 is 2.50 bits per heavy atom. The minimum atomic E-state index is -0.0325. The van der Waals surface area contributed by atoms with Crippen molar-refractivity contribution in [3.05, 3.63) is 117 Å². The lowest BCUT2D eigenvalue weighted by Gasteiger charge is -2.04. The number of aromatic nitrogens is 3. The molecule has 0 radical (unpaired) electrons. The Bertz CT molecular complexity index is 1240. The summed E-state index contributed by atoms with van der Waals surface area (Å²) in [6, 6.07) is 22.1. The molecule has 0 aliphatic carbocycles. The highest BCUT2D eigenvalue weighted by atomic mass is 35.5. The number of ketones is 1. The van der Waals surface area contributed by atoms with Crippen molar-refractivity contribution < 1.29 is 9.53 Å². The molecule has 0 unspecified atom stereocenters. The molecular formula is C25H19Cl2N3O2. The molecule has 0 aliphatic heterocycles. The first-order chi connectivity index (χ1) is 15.6. The van der Waals surface area contributed by atoms with E-state index in [0.717, 1.165) is 11.1 Å². The van der Waals surface area contributed by atoms with Crippen LogP contribution in [0.3, 0.4) is 0 Å². The zero-order valence-corrected chi connectivity index (χ0v) is 18.5. The summed E-state index contributed by atoms with van der Waals surface area (Å²) in [5.74, 6) is 0.672. The summed E-state index contributed by atoms with van der Waals surface area (Å²) in [6.07, 6.45) is 5.18. The van der Waals surface area contributed by atoms with Gasteiger partial charge >= 0.3 is 0 Å². The smallest absolute Gasteiger partial charge is 0.185 e. The third kappa shape index (κ3) is 5.84. The Hall–Kier alpha value is -3.41. The van der Waals surface area contributed by atoms with E-state index >= 15 is 0 Å². The molecule has 32 heavy (non-hydrogen) atoms. The SMILES string of the molecule is O=C(C=Cc1ccc(OCc2cn(Cc3ccc(Cl)c(Cl)c3)nn2)cc1)c1ccccc1. The van der Waals surface area contributed by atoms with Crippen LogP contribution in [0.5, 0.6) is 5.75 Å². The maximum absolute atomic E-state index is 12.2. The minimum absolute atomic E-state index is 0.0325. The molecular weight excluding hydrogens is 445 g/mol. The quantitative estimate of drug-likeness (QED) is 0.233. The van der Waals surface area contributed by atoms with Crippen LogP contribution in [-0.4, -0.2) is 20.8 Å². The Balaban J connectivity index is 1.30. The fourth-order valence-corrected chi connectivity index (χ4v) is 3.33. The molecule has 4 aromatic rings. The van der Waals surface area contributed by atoms with Crippen LogP contribution in [0.25, 0.3) is 6.08 Å². The summed E-state index contributed by atoms with van der Waals surface area (Å²) in [7, 11) is 0. The molecule has 0 bridgehead atoms. The number of halogens is 2. The number of hydrogen-bond donors (Lipinski definition) is 0. The third-order valence-electron chi connectivity index (χ3n) is 4.67. The van der Waals surface area contributed by atoms with Crippen molar-refractivity contribution in [1.82, 2.24) is 15.0 Å². The molecule has 3 aromatic carbocycles. The number of rotatable bonds is 8. The highest BCUT2D eigenvalue weighted by Crippen LogP contribution is 2.23. The van der Waals surface area contributed by atoms with Gasteiger partial charge in [0.1, 0.15) is 18.1 Å². The van der Waals surface area contributed by atoms with E-state index in [4.69, 9.17) is 27.9 Å². The molecule has 0 atom stereocenters. The summed E-state index contributed by atoms with van der Waals surface area (Å²) >= 11 is 12.0. The van der Waals surface area contributed by atoms with E-state index in [9.17, 15) is 4.79 Å². The van der Waals surface area contributed by atoms with Crippen molar-refractivity contribution >= 4 is 35.1 Å². The van der Waals surface area contributed by atoms with Crippen molar-refractivity contribution in [3.63, 3.8) is 0 Å². The van der Waals surface area contributed by atoms with Gasteiger partial charge in [-0.25, -0.2) is 4.68 Å². The molecule has 1 aromatic heterocycles. The van der Waals surface area contributed by atoms with Crippen LogP contribution in [0.2, 0.25) is 10.0 Å². The highest BCUT2D eigenvalue weighted by Gasteiger charge is 2.05. The number of ether oxygens (including phenoxy) is 1. The molecule has 0 aliphatic rings. The van der Waals surface area contributed by atoms with E-state index in [1.807, 2.05) is 60.8 Å². The van der Waals surface area contributed by atoms with E-state index in [1.165, 1.54) is 0 Å². The maximum atomic E-state index is 12.2. The van der Waals surface area contributed by atoms with Crippen LogP contribution in [0.1, 0.15) is 27.2 Å². The second-order valence-electron chi connectivity index (χ2n) is 7.08. The predicted octanol–water partition coefficient (Wildman–Crippen LogP) is 6.11. The molecule has 0 fully saturated rings. The molecule has 7 heteroatoms. The van der Waals surface area contributed by atoms with Crippen LogP contribution in [-0.2, 0) is 13.2 Å². The lowest BCUT2D eigenvalue weighted by atomic mass is 10.1. The third-order valence-corrected chi connectivity index (χ3v) is 5.41. The molecule has 160 valence electrons. The van der Waals surface area contributed by atoms with Gasteiger partial charge in [-0.05, 0) is 41.5 Å². The Kier molecular flexibility index (Phi) is 7.00. The minimum Gasteiger partial charge on any atom is -0.487 e. The first-order valence-electron chi connectivity index (χ1n) is 9.90. The van der Waals surface area contributed by atoms with Crippen molar-refractivity contribution in [3.8, 4) is 5.75 Å². The molecule has 0 spiro atoms. The monoisotopic (exact) mass is 463 g/mol. The van der Waals surface area contributed by atoms with Gasteiger partial charge in [-0.3, -0.25) is 4.79 Å². The molecule has 1 heterocycles. The van der Waals surface area contributed by atoms with Gasteiger partial charge in [0.25, 0.3) is 0 Å². The van der Waals surface area contributed by atoms with Crippen molar-refractivity contribution in [2.75, 3.05) is 0 Å². The zero-order valence-electron chi connectivity index (χ0n) is 17.0. The van der Waals surface area contributed by atoms with Crippen LogP contribution in [0, 0.1) is 0 Å². The fraction of sp³-hybridized carbons (Fsp3) is 0.0800. The summed E-state index contributed by atoms with van der Waals surface area (Å²) in [5, 5.41) is 9.30. The average molecular weight is 464 g/mol. The number of carbonyl (C=O) groups excluding carboxylic acids is 1. The number of benzene rings is 3. The lowest BCUT2D eigenvalue weighted by molar-refractivity contribution is 0.104. The largest absolute Gasteiger partial charge is 0.487 e. The van der Waals surface area contributed by atoms with Crippen LogP contribution in [0.15, 0.2) is 85.1 Å². The van der Waals surface area contributed by atoms with Crippen molar-refractivity contribution in [2.24, 2.45) is 0 Å². The van der Waals surface area contributed by atoms with Gasteiger partial charge in [-0.2, -0.15) is 0 Å². The lowest BCUT2D eigenvalue weighted by Crippen LogP contribution is -2.00. The highest BCUT2D eigenvalue weighted by molar-refractivity contribution is 6.42. The standard InChI is InChI=1S/C25H19Cl2N3O2/c26-23-12-8-19(14-24(23)27)15-30-16-21(28-29-30)17-32-22-10-6-18(7-11-22)9-13-25(31)20-4-2-1-3-5-20/h1-14,16H,15,17H2. The predicted molar refractivity (Wildman–Crippen MR) is 126 cm³/mol. The van der Waals surface area contributed by atoms with Gasteiger partial charge in [-0.1, -0.05) is 83.0 Å². The number of nitrogens with zero attached hydrogens (tertiary/aromatic N) is 3. The Labute approximate surface area is 195 Å². The maximum Gasteiger partial charge on any atom is 0.185 e. The van der Waals surface area contributed by atoms with E-state index in [-0.39, 0.29) is 5.78 Å². The summed E-state index contributed by atoms with van der Waals surface area (Å²) in [6.45, 7) is 0.829. The first-order valence-corrected chi connectivity index (χ1v) is 10.7. The Morgan fingerprint density at radius 1 is 0.969 bits per heavy atom. The summed E-state index contributed by atoms with van der Waals surface area (Å²) < 4.78 is 7.51. The molecule has 4 rings (SSSR count). The summed E-state index contributed by atoms with van der Waals surface area (Å²) in [4.78, 5) is 12.2. The van der Waals surface area contributed by atoms with E-state index < -0.39 is 0 Å². The normalized spacial score (nSPS) is 11.1. The molecule has 5 nitrogen and oxygen atoms in total. The van der Waals surface area contributed by atoms with Crippen molar-refractivity contribution in [2.45, 2.75) is 13.2 Å². The number of allylic oxidation sites excluding steroid dienone is 1. The van der Waals surface area contributed by atoms with Gasteiger partial charge < -0.3 is 4.74 Å². The zero-order chi connectivity index (χ0) is 22.3. The van der Waals surface area contributed by atoms with E-state index in [0.29, 0.717) is 40.2 Å². The molecule has 0 saturated carbocycles. The summed E-state index contributed by atoms with van der Waals surface area (Å²) in [5.41, 5.74) is 3.26. The molecule has 0 amide bonds. The van der Waals surface area contributed by atoms with Crippen LogP contribution < -0.4 is 4.74 Å². The van der Waals surface area contributed by atoms with Crippen LogP contribution >= 0.6 is 23.2 Å². The topological polar surface area (TPSA) is 57.0 Å².